The summed E-state index contributed by atoms with van der Waals surface area (Å²) in [6.45, 7) is 41.8. The summed E-state index contributed by atoms with van der Waals surface area (Å²) >= 11 is 0. The Morgan fingerprint density at radius 1 is 0.339 bits per heavy atom. The van der Waals surface area contributed by atoms with Crippen molar-refractivity contribution in [3.63, 3.8) is 0 Å². The van der Waals surface area contributed by atoms with Crippen molar-refractivity contribution >= 4 is 59.9 Å². The van der Waals surface area contributed by atoms with Gasteiger partial charge in [-0.2, -0.15) is 0 Å². The van der Waals surface area contributed by atoms with E-state index in [1.54, 1.807) is 0 Å². The molecule has 0 radical (unpaired) electrons. The van der Waals surface area contributed by atoms with Gasteiger partial charge in [0.05, 0.1) is 19.3 Å². The first-order chi connectivity index (χ1) is 25.2. The van der Waals surface area contributed by atoms with E-state index in [0.717, 1.165) is 41.5 Å². The molecule has 0 amide bonds. The van der Waals surface area contributed by atoms with E-state index < -0.39 is 129 Å². The van der Waals surface area contributed by atoms with Crippen LogP contribution in [0.5, 0.6) is 0 Å². The molecule has 0 spiro atoms. The van der Waals surface area contributed by atoms with Crippen LogP contribution >= 0.6 is 7.82 Å². The third kappa shape index (κ3) is 11.2. The summed E-state index contributed by atoms with van der Waals surface area (Å²) in [6, 6.07) is 0. The van der Waals surface area contributed by atoms with Gasteiger partial charge in [-0.25, -0.2) is 4.57 Å². The lowest BCUT2D eigenvalue weighted by molar-refractivity contribution is -0.161. The predicted molar refractivity (Wildman–Crippen MR) is 211 cm³/mol. The SMILES string of the molecule is C=C(C)C(=O)CC(OP(=O)(OC(CC(=O)C(=C)C)(C(=O)C(=C)C)C(=O)C(=C)C)OC(CC(=O)C(=C)C)(C(=O)C(=C)C)C(=O)C(=C)C)(C(=O)C(=C)C)C(=O)C(=C)C. The lowest BCUT2D eigenvalue weighted by Gasteiger charge is -2.41. The zero-order valence-corrected chi connectivity index (χ0v) is 34.6. The zero-order chi connectivity index (χ0) is 44.6. The number of rotatable bonds is 27. The molecule has 0 unspecified atom stereocenters. The van der Waals surface area contributed by atoms with Crippen molar-refractivity contribution in [1.82, 2.24) is 0 Å². The van der Waals surface area contributed by atoms with Crippen LogP contribution in [0.4, 0.5) is 0 Å². The Hall–Kier alpha value is -5.20. The second-order valence-corrected chi connectivity index (χ2v) is 15.4. The fourth-order valence-electron chi connectivity index (χ4n) is 4.96. The summed E-state index contributed by atoms with van der Waals surface area (Å²) in [5.74, 6) is -11.9. The minimum atomic E-state index is -6.52. The molecule has 302 valence electrons. The molecule has 0 aliphatic rings. The van der Waals surface area contributed by atoms with Crippen LogP contribution in [0.1, 0.15) is 81.6 Å². The number of hydrogen-bond donors (Lipinski definition) is 0. The van der Waals surface area contributed by atoms with Crippen LogP contribution in [-0.2, 0) is 61.3 Å². The van der Waals surface area contributed by atoms with Crippen LogP contribution in [0.25, 0.3) is 0 Å². The Morgan fingerprint density at radius 3 is 0.589 bits per heavy atom. The molecular formula is C42H51O13P. The molecule has 0 aliphatic heterocycles. The topological polar surface area (TPSA) is 198 Å². The number of allylic oxidation sites excluding steroid dienone is 3. The maximum absolute atomic E-state index is 15.9. The Labute approximate surface area is 328 Å². The zero-order valence-electron chi connectivity index (χ0n) is 33.7. The summed E-state index contributed by atoms with van der Waals surface area (Å²) < 4.78 is 33.4. The normalized spacial score (nSPS) is 11.7. The van der Waals surface area contributed by atoms with Crippen molar-refractivity contribution in [1.29, 1.82) is 0 Å². The number of ketones is 9. The van der Waals surface area contributed by atoms with E-state index in [1.165, 1.54) is 20.8 Å². The highest BCUT2D eigenvalue weighted by atomic mass is 31.2. The van der Waals surface area contributed by atoms with Crippen molar-refractivity contribution in [2.24, 2.45) is 0 Å². The van der Waals surface area contributed by atoms with E-state index in [0.29, 0.717) is 0 Å². The number of phosphoric acid groups is 1. The van der Waals surface area contributed by atoms with Crippen molar-refractivity contribution in [3.05, 3.63) is 109 Å². The second-order valence-electron chi connectivity index (χ2n) is 14.0. The molecule has 0 aliphatic carbocycles. The molecule has 0 aromatic rings. The Balaban J connectivity index is 9.50. The first-order valence-corrected chi connectivity index (χ1v) is 18.2. The number of Topliss-reactive ketones (excluding diaryl/α,β-unsaturated/α-hetero) is 9. The molecule has 0 atom stereocenters. The molecule has 0 bridgehead atoms. The average Bonchev–Trinajstić information content (AvgIpc) is 3.07. The van der Waals surface area contributed by atoms with Gasteiger partial charge >= 0.3 is 7.82 Å². The number of phosphoric ester groups is 1. The van der Waals surface area contributed by atoms with Crippen LogP contribution in [0, 0.1) is 0 Å². The fourth-order valence-corrected chi connectivity index (χ4v) is 6.91. The maximum atomic E-state index is 15.9. The summed E-state index contributed by atoms with van der Waals surface area (Å²) in [6.07, 6.45) is -4.01. The van der Waals surface area contributed by atoms with E-state index in [2.05, 4.69) is 59.2 Å². The smallest absolute Gasteiger partial charge is 0.294 e. The Bertz CT molecular complexity index is 1700. The number of carbonyl (C=O) groups excluding carboxylic acids is 9. The molecule has 14 heteroatoms. The van der Waals surface area contributed by atoms with Crippen molar-refractivity contribution < 1.29 is 61.3 Å². The Kier molecular flexibility index (Phi) is 17.3. The molecule has 0 saturated carbocycles. The van der Waals surface area contributed by atoms with Gasteiger partial charge in [0.25, 0.3) is 0 Å². The first-order valence-electron chi connectivity index (χ1n) is 16.7. The monoisotopic (exact) mass is 794 g/mol. The molecule has 0 aromatic carbocycles. The minimum Gasteiger partial charge on any atom is -0.294 e. The predicted octanol–water partition coefficient (Wildman–Crippen LogP) is 6.84. The van der Waals surface area contributed by atoms with Gasteiger partial charge < -0.3 is 0 Å². The number of hydrogen-bond acceptors (Lipinski definition) is 13. The van der Waals surface area contributed by atoms with E-state index in [1.807, 2.05) is 0 Å². The van der Waals surface area contributed by atoms with Gasteiger partial charge in [0.2, 0.25) is 16.8 Å². The molecule has 0 fully saturated rings. The Morgan fingerprint density at radius 2 is 0.482 bits per heavy atom. The largest absolute Gasteiger partial charge is 0.479 e. The van der Waals surface area contributed by atoms with E-state index in [9.17, 15) is 43.2 Å². The highest BCUT2D eigenvalue weighted by molar-refractivity contribution is 7.49. The molecule has 0 heterocycles. The molecule has 0 aromatic heterocycles. The van der Waals surface area contributed by atoms with Crippen LogP contribution < -0.4 is 0 Å². The van der Waals surface area contributed by atoms with Gasteiger partial charge in [0, 0.05) is 0 Å². The standard InChI is InChI=1S/C42H51O13P/c1-22(2)31(43)19-40(34(46)25(7)8,35(47)26(9)10)53-56(52,54-41(36(48)27(11)12,37(49)28(13)14)20-32(44)23(3)4)55-42(38(50)29(15)16,39(51)30(17)18)21-33(45)24(5)6/h1,3,5,7,9,11,13,15,17,19-21H2,2,4,6,8,10,12,14,16,18H3. The molecular weight excluding hydrogens is 743 g/mol. The quantitative estimate of drug-likeness (QED) is 0.0476. The highest BCUT2D eigenvalue weighted by Crippen LogP contribution is 2.61. The van der Waals surface area contributed by atoms with Crippen molar-refractivity contribution in [2.45, 2.75) is 98.4 Å². The molecule has 0 rings (SSSR count). The van der Waals surface area contributed by atoms with Crippen LogP contribution in [-0.4, -0.2) is 68.9 Å². The highest BCUT2D eigenvalue weighted by Gasteiger charge is 2.63. The van der Waals surface area contributed by atoms with Crippen molar-refractivity contribution in [3.8, 4) is 0 Å². The van der Waals surface area contributed by atoms with Crippen LogP contribution in [0.2, 0.25) is 0 Å². The van der Waals surface area contributed by atoms with Gasteiger partial charge in [0.1, 0.15) is 0 Å². The van der Waals surface area contributed by atoms with Gasteiger partial charge in [0.15, 0.2) is 52.0 Å². The molecule has 0 saturated heterocycles. The van der Waals surface area contributed by atoms with E-state index in [4.69, 9.17) is 13.6 Å². The molecule has 0 N–H and O–H groups in total. The van der Waals surface area contributed by atoms with Gasteiger partial charge in [-0.05, 0) is 112 Å². The maximum Gasteiger partial charge on any atom is 0.479 e. The number of carbonyl (C=O) groups is 9. The summed E-state index contributed by atoms with van der Waals surface area (Å²) in [5, 5.41) is 0. The third-order valence-electron chi connectivity index (χ3n) is 7.99. The van der Waals surface area contributed by atoms with Crippen LogP contribution in [0.15, 0.2) is 109 Å². The first kappa shape index (κ1) is 50.8. The van der Waals surface area contributed by atoms with E-state index >= 15 is 4.57 Å². The summed E-state index contributed by atoms with van der Waals surface area (Å²) in [5.41, 5.74) is -13.9. The van der Waals surface area contributed by atoms with Crippen molar-refractivity contribution in [2.75, 3.05) is 0 Å². The lowest BCUT2D eigenvalue weighted by Crippen LogP contribution is -2.56. The van der Waals surface area contributed by atoms with Crippen LogP contribution in [0.3, 0.4) is 0 Å². The minimum absolute atomic E-state index is 0.258. The summed E-state index contributed by atoms with van der Waals surface area (Å²) in [4.78, 5) is 126. The molecule has 13 nitrogen and oxygen atoms in total. The molecule has 56 heavy (non-hydrogen) atoms. The van der Waals surface area contributed by atoms with Gasteiger partial charge in [-0.1, -0.05) is 59.2 Å². The lowest BCUT2D eigenvalue weighted by atomic mass is 9.81. The van der Waals surface area contributed by atoms with E-state index in [-0.39, 0.29) is 16.7 Å². The van der Waals surface area contributed by atoms with Gasteiger partial charge in [-0.3, -0.25) is 56.7 Å². The fraction of sp³-hybridized carbons (Fsp3) is 0.357. The van der Waals surface area contributed by atoms with Gasteiger partial charge in [-0.15, -0.1) is 0 Å². The second kappa shape index (κ2) is 19.1. The third-order valence-corrected chi connectivity index (χ3v) is 9.59. The summed E-state index contributed by atoms with van der Waals surface area (Å²) in [7, 11) is -6.52. The average molecular weight is 795 g/mol.